The number of hydrogen-bond donors (Lipinski definition) is 2. The fourth-order valence-electron chi connectivity index (χ4n) is 1.54. The summed E-state index contributed by atoms with van der Waals surface area (Å²) in [6, 6.07) is 1.21. The Hall–Kier alpha value is 0.314. The first-order chi connectivity index (χ1) is 6.33. The van der Waals surface area contributed by atoms with Crippen LogP contribution in [0, 0.1) is 0 Å². The standard InChI is InChI=1S/C9H26N2OSi2/c1-13(2,8-6-5-7-10)12-14(3,4)9-11/h5-11H2,1-4H3. The van der Waals surface area contributed by atoms with Gasteiger partial charge >= 0.3 is 0 Å². The largest absolute Gasteiger partial charge is 0.455 e. The monoisotopic (exact) mass is 234 g/mol. The third kappa shape index (κ3) is 6.72. The maximum absolute atomic E-state index is 6.23. The lowest BCUT2D eigenvalue weighted by Gasteiger charge is -2.33. The molecule has 0 rings (SSSR count). The fraction of sp³-hybridized carbons (Fsp3) is 1.00. The average molecular weight is 234 g/mol. The second kappa shape index (κ2) is 6.02. The maximum Gasteiger partial charge on any atom is 0.187 e. The highest BCUT2D eigenvalue weighted by Gasteiger charge is 2.31. The van der Waals surface area contributed by atoms with E-state index in [2.05, 4.69) is 26.2 Å². The Morgan fingerprint density at radius 3 is 1.93 bits per heavy atom. The lowest BCUT2D eigenvalue weighted by molar-refractivity contribution is 0.534. The first-order valence-electron chi connectivity index (χ1n) is 5.43. The summed E-state index contributed by atoms with van der Waals surface area (Å²) in [7, 11) is -3.04. The summed E-state index contributed by atoms with van der Waals surface area (Å²) in [5, 5.41) is 0. The molecule has 5 heteroatoms. The maximum atomic E-state index is 6.23. The van der Waals surface area contributed by atoms with Crippen molar-refractivity contribution in [2.45, 2.75) is 45.1 Å². The van der Waals surface area contributed by atoms with Gasteiger partial charge in [0.1, 0.15) is 0 Å². The van der Waals surface area contributed by atoms with Crippen LogP contribution in [0.5, 0.6) is 0 Å². The Balaban J connectivity index is 3.93. The molecule has 0 saturated carbocycles. The van der Waals surface area contributed by atoms with Gasteiger partial charge in [0.2, 0.25) is 0 Å². The van der Waals surface area contributed by atoms with E-state index in [1.54, 1.807) is 0 Å². The minimum atomic E-state index is -1.56. The molecule has 0 aromatic rings. The molecule has 0 aliphatic carbocycles. The zero-order valence-corrected chi connectivity index (χ0v) is 12.1. The molecule has 4 N–H and O–H groups in total. The molecule has 86 valence electrons. The quantitative estimate of drug-likeness (QED) is 0.520. The van der Waals surface area contributed by atoms with Crippen LogP contribution in [0.2, 0.25) is 32.2 Å². The molecule has 0 amide bonds. The summed E-state index contributed by atoms with van der Waals surface area (Å²) in [5.74, 6) is 0. The molecule has 0 bridgehead atoms. The van der Waals surface area contributed by atoms with Gasteiger partial charge in [-0.2, -0.15) is 0 Å². The molecule has 0 heterocycles. The first kappa shape index (κ1) is 14.3. The van der Waals surface area contributed by atoms with Gasteiger partial charge in [-0.3, -0.25) is 0 Å². The Kier molecular flexibility index (Phi) is 6.15. The number of rotatable bonds is 7. The second-order valence-corrected chi connectivity index (χ2v) is 13.8. The molecule has 0 radical (unpaired) electrons. The van der Waals surface area contributed by atoms with Crippen LogP contribution < -0.4 is 11.5 Å². The number of hydrogen-bond acceptors (Lipinski definition) is 3. The van der Waals surface area contributed by atoms with Crippen LogP contribution in [0.4, 0.5) is 0 Å². The Labute approximate surface area is 90.5 Å². The van der Waals surface area contributed by atoms with Crippen LogP contribution in [0.25, 0.3) is 0 Å². The van der Waals surface area contributed by atoms with Crippen LogP contribution in [0.1, 0.15) is 12.8 Å². The zero-order valence-electron chi connectivity index (χ0n) is 10.1. The summed E-state index contributed by atoms with van der Waals surface area (Å²) in [5.41, 5.74) is 11.2. The highest BCUT2D eigenvalue weighted by atomic mass is 28.4. The summed E-state index contributed by atoms with van der Waals surface area (Å²) in [4.78, 5) is 0. The van der Waals surface area contributed by atoms with Gasteiger partial charge in [0.15, 0.2) is 16.6 Å². The Morgan fingerprint density at radius 1 is 0.929 bits per heavy atom. The first-order valence-corrected chi connectivity index (χ1v) is 11.7. The van der Waals surface area contributed by atoms with E-state index in [0.29, 0.717) is 0 Å². The molecule has 0 unspecified atom stereocenters. The van der Waals surface area contributed by atoms with Crippen molar-refractivity contribution in [3.63, 3.8) is 0 Å². The molecular formula is C9H26N2OSi2. The van der Waals surface area contributed by atoms with Crippen molar-refractivity contribution in [2.75, 3.05) is 12.7 Å². The smallest absolute Gasteiger partial charge is 0.187 e. The van der Waals surface area contributed by atoms with Crippen LogP contribution in [-0.4, -0.2) is 29.3 Å². The highest BCUT2D eigenvalue weighted by molar-refractivity contribution is 6.84. The molecule has 0 saturated heterocycles. The van der Waals surface area contributed by atoms with Gasteiger partial charge in [-0.1, -0.05) is 6.42 Å². The third-order valence-corrected chi connectivity index (χ3v) is 9.24. The lowest BCUT2D eigenvalue weighted by Crippen LogP contribution is -2.49. The lowest BCUT2D eigenvalue weighted by atomic mass is 10.3. The van der Waals surface area contributed by atoms with Crippen molar-refractivity contribution in [2.24, 2.45) is 11.5 Å². The second-order valence-electron chi connectivity index (χ2n) is 5.07. The predicted molar refractivity (Wildman–Crippen MR) is 68.2 cm³/mol. The van der Waals surface area contributed by atoms with Gasteiger partial charge in [0.25, 0.3) is 0 Å². The van der Waals surface area contributed by atoms with E-state index in [0.717, 1.165) is 19.1 Å². The summed E-state index contributed by atoms with van der Waals surface area (Å²) < 4.78 is 6.23. The van der Waals surface area contributed by atoms with E-state index >= 15 is 0 Å². The minimum Gasteiger partial charge on any atom is -0.455 e. The molecule has 0 aliphatic rings. The summed E-state index contributed by atoms with van der Waals surface area (Å²) in [6.45, 7) is 9.76. The van der Waals surface area contributed by atoms with Gasteiger partial charge in [-0.15, -0.1) is 0 Å². The van der Waals surface area contributed by atoms with E-state index in [4.69, 9.17) is 15.6 Å². The van der Waals surface area contributed by atoms with Crippen molar-refractivity contribution in [3.8, 4) is 0 Å². The summed E-state index contributed by atoms with van der Waals surface area (Å²) >= 11 is 0. The van der Waals surface area contributed by atoms with Gasteiger partial charge in [0, 0.05) is 6.17 Å². The summed E-state index contributed by atoms with van der Waals surface area (Å²) in [6.07, 6.45) is 3.04. The fourth-order valence-corrected chi connectivity index (χ4v) is 9.36. The Bertz CT molecular complexity index is 163. The van der Waals surface area contributed by atoms with E-state index in [1.807, 2.05) is 0 Å². The molecule has 0 fully saturated rings. The topological polar surface area (TPSA) is 61.3 Å². The van der Waals surface area contributed by atoms with Crippen LogP contribution >= 0.6 is 0 Å². The van der Waals surface area contributed by atoms with Crippen LogP contribution in [-0.2, 0) is 4.12 Å². The molecule has 0 atom stereocenters. The van der Waals surface area contributed by atoms with Crippen LogP contribution in [0.15, 0.2) is 0 Å². The third-order valence-electron chi connectivity index (χ3n) is 2.28. The van der Waals surface area contributed by atoms with E-state index in [-0.39, 0.29) is 0 Å². The SMILES string of the molecule is C[Si](C)(CN)O[Si](C)(C)CCCCN. The minimum absolute atomic E-state index is 0.723. The zero-order chi connectivity index (χ0) is 11.2. The normalized spacial score (nSPS) is 13.3. The van der Waals surface area contributed by atoms with Crippen molar-refractivity contribution in [1.29, 1.82) is 0 Å². The molecule has 0 aromatic heterocycles. The van der Waals surface area contributed by atoms with Gasteiger partial charge < -0.3 is 15.6 Å². The van der Waals surface area contributed by atoms with Gasteiger partial charge in [-0.25, -0.2) is 0 Å². The molecular weight excluding hydrogens is 208 g/mol. The number of unbranched alkanes of at least 4 members (excludes halogenated alkanes) is 1. The highest BCUT2D eigenvalue weighted by Crippen LogP contribution is 2.19. The molecule has 0 aromatic carbocycles. The predicted octanol–water partition coefficient (Wildman–Crippen LogP) is 1.65. The van der Waals surface area contributed by atoms with Gasteiger partial charge in [0.05, 0.1) is 0 Å². The van der Waals surface area contributed by atoms with E-state index in [1.165, 1.54) is 12.5 Å². The van der Waals surface area contributed by atoms with Crippen LogP contribution in [0.3, 0.4) is 0 Å². The molecule has 0 aliphatic heterocycles. The van der Waals surface area contributed by atoms with Crippen molar-refractivity contribution >= 4 is 16.6 Å². The van der Waals surface area contributed by atoms with Gasteiger partial charge in [-0.05, 0) is 45.2 Å². The molecule has 14 heavy (non-hydrogen) atoms. The Morgan fingerprint density at radius 2 is 1.50 bits per heavy atom. The molecule has 3 nitrogen and oxygen atoms in total. The molecule has 0 spiro atoms. The van der Waals surface area contributed by atoms with Crippen molar-refractivity contribution in [1.82, 2.24) is 0 Å². The van der Waals surface area contributed by atoms with E-state index in [9.17, 15) is 0 Å². The number of nitrogens with two attached hydrogens (primary N) is 2. The van der Waals surface area contributed by atoms with E-state index < -0.39 is 16.6 Å². The van der Waals surface area contributed by atoms with Crippen molar-refractivity contribution in [3.05, 3.63) is 0 Å². The average Bonchev–Trinajstić information content (AvgIpc) is 2.03. The van der Waals surface area contributed by atoms with Crippen molar-refractivity contribution < 1.29 is 4.12 Å².